The lowest BCUT2D eigenvalue weighted by atomic mass is 9.82. The Hall–Kier alpha value is -0.450. The van der Waals surface area contributed by atoms with Crippen molar-refractivity contribution in [3.63, 3.8) is 0 Å². The van der Waals surface area contributed by atoms with Crippen LogP contribution < -0.4 is 0 Å². The Kier molecular flexibility index (Phi) is 4.09. The summed E-state index contributed by atoms with van der Waals surface area (Å²) in [5.41, 5.74) is 0.311. The zero-order chi connectivity index (χ0) is 13.3. The van der Waals surface area contributed by atoms with Crippen molar-refractivity contribution in [2.24, 2.45) is 0 Å². The minimum atomic E-state index is -0.663. The molecule has 1 heterocycles. The van der Waals surface area contributed by atoms with Gasteiger partial charge in [0.1, 0.15) is 5.82 Å². The Balaban J connectivity index is 2.10. The van der Waals surface area contributed by atoms with Crippen LogP contribution in [-0.4, -0.2) is 35.2 Å². The summed E-state index contributed by atoms with van der Waals surface area (Å²) in [4.78, 5) is 2.26. The molecule has 0 amide bonds. The number of aliphatic hydroxyl groups is 1. The van der Waals surface area contributed by atoms with E-state index in [9.17, 15) is 9.50 Å². The van der Waals surface area contributed by atoms with Gasteiger partial charge in [-0.1, -0.05) is 6.07 Å². The Morgan fingerprint density at radius 2 is 2.28 bits per heavy atom. The van der Waals surface area contributed by atoms with E-state index in [1.165, 1.54) is 6.07 Å². The molecule has 1 aromatic carbocycles. The first-order chi connectivity index (χ1) is 8.39. The molecule has 0 aliphatic carbocycles. The standard InChI is InChI=1S/C14H19BrFNO/c1-10-8-14(18,5-6-17(10)2)9-11-3-4-13(16)12(15)7-11/h3-4,7,10,18H,5-6,8-9H2,1-2H3. The van der Waals surface area contributed by atoms with Gasteiger partial charge in [-0.05, 0) is 60.4 Å². The van der Waals surface area contributed by atoms with E-state index in [0.29, 0.717) is 16.9 Å². The van der Waals surface area contributed by atoms with Gasteiger partial charge in [0.25, 0.3) is 0 Å². The van der Waals surface area contributed by atoms with Gasteiger partial charge in [-0.25, -0.2) is 4.39 Å². The molecule has 1 N–H and O–H groups in total. The number of nitrogens with zero attached hydrogens (tertiary/aromatic N) is 1. The maximum Gasteiger partial charge on any atom is 0.137 e. The molecule has 0 spiro atoms. The predicted molar refractivity (Wildman–Crippen MR) is 74.1 cm³/mol. The van der Waals surface area contributed by atoms with Crippen LogP contribution in [-0.2, 0) is 6.42 Å². The van der Waals surface area contributed by atoms with Crippen LogP contribution in [0.1, 0.15) is 25.3 Å². The van der Waals surface area contributed by atoms with Crippen LogP contribution in [0.3, 0.4) is 0 Å². The topological polar surface area (TPSA) is 23.5 Å². The van der Waals surface area contributed by atoms with Gasteiger partial charge in [0, 0.05) is 19.0 Å². The third-order valence-electron chi connectivity index (χ3n) is 3.87. The molecule has 100 valence electrons. The molecule has 0 radical (unpaired) electrons. The van der Waals surface area contributed by atoms with Crippen molar-refractivity contribution in [1.29, 1.82) is 0 Å². The molecular formula is C14H19BrFNO. The number of piperidine rings is 1. The van der Waals surface area contributed by atoms with E-state index >= 15 is 0 Å². The molecule has 2 nitrogen and oxygen atoms in total. The Morgan fingerprint density at radius 1 is 1.56 bits per heavy atom. The normalized spacial score (nSPS) is 29.5. The minimum Gasteiger partial charge on any atom is -0.389 e. The van der Waals surface area contributed by atoms with Crippen molar-refractivity contribution in [2.45, 2.75) is 37.8 Å². The zero-order valence-corrected chi connectivity index (χ0v) is 12.4. The second kappa shape index (κ2) is 5.27. The maximum atomic E-state index is 13.2. The monoisotopic (exact) mass is 315 g/mol. The molecule has 0 aromatic heterocycles. The third-order valence-corrected chi connectivity index (χ3v) is 4.48. The lowest BCUT2D eigenvalue weighted by Gasteiger charge is -2.41. The number of hydrogen-bond donors (Lipinski definition) is 1. The van der Waals surface area contributed by atoms with Gasteiger partial charge in [0.05, 0.1) is 10.1 Å². The van der Waals surface area contributed by atoms with E-state index < -0.39 is 5.60 Å². The summed E-state index contributed by atoms with van der Waals surface area (Å²) >= 11 is 3.19. The molecule has 2 rings (SSSR count). The summed E-state index contributed by atoms with van der Waals surface area (Å²) in [6.07, 6.45) is 2.12. The van der Waals surface area contributed by atoms with Crippen LogP contribution in [0.25, 0.3) is 0 Å². The van der Waals surface area contributed by atoms with Crippen molar-refractivity contribution in [1.82, 2.24) is 4.90 Å². The van der Waals surface area contributed by atoms with Gasteiger partial charge in [-0.15, -0.1) is 0 Å². The Bertz CT molecular complexity index is 440. The zero-order valence-electron chi connectivity index (χ0n) is 10.8. The summed E-state index contributed by atoms with van der Waals surface area (Å²) in [5.74, 6) is -0.262. The quantitative estimate of drug-likeness (QED) is 0.907. The molecule has 1 fully saturated rings. The summed E-state index contributed by atoms with van der Waals surface area (Å²) in [7, 11) is 2.08. The maximum absolute atomic E-state index is 13.2. The van der Waals surface area contributed by atoms with Crippen LogP contribution in [0.2, 0.25) is 0 Å². The lowest BCUT2D eigenvalue weighted by Crippen LogP contribution is -2.48. The molecule has 0 bridgehead atoms. The average molecular weight is 316 g/mol. The highest BCUT2D eigenvalue weighted by Crippen LogP contribution is 2.30. The van der Waals surface area contributed by atoms with Crippen LogP contribution in [0, 0.1) is 5.82 Å². The Morgan fingerprint density at radius 3 is 2.89 bits per heavy atom. The summed E-state index contributed by atoms with van der Waals surface area (Å²) < 4.78 is 13.6. The van der Waals surface area contributed by atoms with Crippen LogP contribution in [0.4, 0.5) is 4.39 Å². The molecule has 1 aliphatic heterocycles. The number of rotatable bonds is 2. The molecule has 1 saturated heterocycles. The molecule has 0 saturated carbocycles. The fourth-order valence-corrected chi connectivity index (χ4v) is 3.03. The van der Waals surface area contributed by atoms with Crippen molar-refractivity contribution in [2.75, 3.05) is 13.6 Å². The SMILES string of the molecule is CC1CC(O)(Cc2ccc(F)c(Br)c2)CCN1C. The Labute approximate surface area is 116 Å². The summed E-state index contributed by atoms with van der Waals surface area (Å²) in [5, 5.41) is 10.6. The first-order valence-corrected chi connectivity index (χ1v) is 7.05. The van der Waals surface area contributed by atoms with Gasteiger partial charge in [0.15, 0.2) is 0 Å². The molecule has 1 aliphatic rings. The van der Waals surface area contributed by atoms with E-state index in [0.717, 1.165) is 24.9 Å². The third kappa shape index (κ3) is 3.11. The summed E-state index contributed by atoms with van der Waals surface area (Å²) in [6, 6.07) is 5.34. The number of halogens is 2. The van der Waals surface area contributed by atoms with E-state index in [-0.39, 0.29) is 5.82 Å². The number of hydrogen-bond acceptors (Lipinski definition) is 2. The average Bonchev–Trinajstić information content (AvgIpc) is 2.29. The second-order valence-electron chi connectivity index (χ2n) is 5.43. The van der Waals surface area contributed by atoms with Crippen molar-refractivity contribution < 1.29 is 9.50 Å². The van der Waals surface area contributed by atoms with Crippen molar-refractivity contribution in [3.05, 3.63) is 34.1 Å². The largest absolute Gasteiger partial charge is 0.389 e. The van der Waals surface area contributed by atoms with Crippen molar-refractivity contribution in [3.8, 4) is 0 Å². The molecule has 18 heavy (non-hydrogen) atoms. The first-order valence-electron chi connectivity index (χ1n) is 6.26. The van der Waals surface area contributed by atoms with E-state index in [2.05, 4.69) is 34.8 Å². The molecule has 1 aromatic rings. The van der Waals surface area contributed by atoms with E-state index in [1.807, 2.05) is 0 Å². The molecule has 2 atom stereocenters. The van der Waals surface area contributed by atoms with Crippen LogP contribution in [0.5, 0.6) is 0 Å². The highest BCUT2D eigenvalue weighted by molar-refractivity contribution is 9.10. The van der Waals surface area contributed by atoms with Crippen molar-refractivity contribution >= 4 is 15.9 Å². The summed E-state index contributed by atoms with van der Waals surface area (Å²) in [6.45, 7) is 3.03. The first kappa shape index (κ1) is 14.0. The highest BCUT2D eigenvalue weighted by atomic mass is 79.9. The van der Waals surface area contributed by atoms with Crippen LogP contribution >= 0.6 is 15.9 Å². The second-order valence-corrected chi connectivity index (χ2v) is 6.29. The van der Waals surface area contributed by atoms with E-state index in [4.69, 9.17) is 0 Å². The number of likely N-dealkylation sites (tertiary alicyclic amines) is 1. The molecule has 2 unspecified atom stereocenters. The van der Waals surface area contributed by atoms with Gasteiger partial charge in [-0.3, -0.25) is 0 Å². The van der Waals surface area contributed by atoms with Gasteiger partial charge < -0.3 is 10.0 Å². The smallest absolute Gasteiger partial charge is 0.137 e. The van der Waals surface area contributed by atoms with Gasteiger partial charge in [-0.2, -0.15) is 0 Å². The molecule has 4 heteroatoms. The minimum absolute atomic E-state index is 0.262. The fourth-order valence-electron chi connectivity index (χ4n) is 2.60. The van der Waals surface area contributed by atoms with Crippen LogP contribution in [0.15, 0.2) is 22.7 Å². The number of benzene rings is 1. The lowest BCUT2D eigenvalue weighted by molar-refractivity contribution is -0.0353. The fraction of sp³-hybridized carbons (Fsp3) is 0.571. The predicted octanol–water partition coefficient (Wildman–Crippen LogP) is 2.98. The highest BCUT2D eigenvalue weighted by Gasteiger charge is 2.35. The van der Waals surface area contributed by atoms with E-state index in [1.54, 1.807) is 12.1 Å². The van der Waals surface area contributed by atoms with Gasteiger partial charge in [0.2, 0.25) is 0 Å². The molecular weight excluding hydrogens is 297 g/mol. The van der Waals surface area contributed by atoms with Gasteiger partial charge >= 0.3 is 0 Å².